The first-order valence-electron chi connectivity index (χ1n) is 9.97. The third kappa shape index (κ3) is 2.83. The number of aromatic nitrogens is 1. The van der Waals surface area contributed by atoms with Gasteiger partial charge in [0.25, 0.3) is 0 Å². The Labute approximate surface area is 178 Å². The van der Waals surface area contributed by atoms with Gasteiger partial charge < -0.3 is 4.90 Å². The molecule has 0 radical (unpaired) electrons. The molecule has 0 saturated carbocycles. The minimum absolute atomic E-state index is 1.04. The van der Waals surface area contributed by atoms with Gasteiger partial charge >= 0.3 is 0 Å². The largest absolute Gasteiger partial charge is 0.310 e. The van der Waals surface area contributed by atoms with E-state index in [1.807, 2.05) is 5.51 Å². The van der Waals surface area contributed by atoms with E-state index in [2.05, 4.69) is 113 Å². The fourth-order valence-electron chi connectivity index (χ4n) is 4.15. The van der Waals surface area contributed by atoms with Crippen LogP contribution in [0.4, 0.5) is 17.1 Å². The van der Waals surface area contributed by atoms with E-state index in [0.717, 1.165) is 22.6 Å². The van der Waals surface area contributed by atoms with E-state index in [4.69, 9.17) is 0 Å². The van der Waals surface area contributed by atoms with Gasteiger partial charge in [0.05, 0.1) is 15.7 Å². The molecule has 142 valence electrons. The molecule has 1 heterocycles. The Kier molecular flexibility index (Phi) is 4.00. The maximum atomic E-state index is 4.43. The number of thiazole rings is 1. The number of benzene rings is 5. The first kappa shape index (κ1) is 17.2. The van der Waals surface area contributed by atoms with Crippen LogP contribution in [-0.2, 0) is 0 Å². The molecule has 0 unspecified atom stereocenters. The van der Waals surface area contributed by atoms with Crippen LogP contribution < -0.4 is 4.90 Å². The zero-order chi connectivity index (χ0) is 19.9. The van der Waals surface area contributed by atoms with Gasteiger partial charge in [0.15, 0.2) is 0 Å². The highest BCUT2D eigenvalue weighted by Gasteiger charge is 2.14. The highest BCUT2D eigenvalue weighted by molar-refractivity contribution is 7.16. The minimum atomic E-state index is 1.04. The monoisotopic (exact) mass is 402 g/mol. The number of hydrogen-bond acceptors (Lipinski definition) is 3. The quantitative estimate of drug-likeness (QED) is 0.278. The van der Waals surface area contributed by atoms with Gasteiger partial charge in [-0.2, -0.15) is 0 Å². The summed E-state index contributed by atoms with van der Waals surface area (Å²) in [6.45, 7) is 0. The van der Waals surface area contributed by atoms with E-state index < -0.39 is 0 Å². The Hall–Kier alpha value is -3.69. The topological polar surface area (TPSA) is 16.1 Å². The van der Waals surface area contributed by atoms with Crippen molar-refractivity contribution in [1.29, 1.82) is 0 Å². The van der Waals surface area contributed by atoms with Gasteiger partial charge in [-0.05, 0) is 64.0 Å². The summed E-state index contributed by atoms with van der Waals surface area (Å²) in [5.74, 6) is 0. The molecule has 0 amide bonds. The van der Waals surface area contributed by atoms with Gasteiger partial charge in [0.1, 0.15) is 0 Å². The molecule has 0 bridgehead atoms. The molecule has 5 aromatic carbocycles. The Morgan fingerprint density at radius 1 is 0.567 bits per heavy atom. The van der Waals surface area contributed by atoms with E-state index in [1.165, 1.54) is 26.2 Å². The minimum Gasteiger partial charge on any atom is -0.310 e. The lowest BCUT2D eigenvalue weighted by Gasteiger charge is -2.26. The maximum Gasteiger partial charge on any atom is 0.0813 e. The SMILES string of the molecule is c1ccc(N(c2ccc3c(ccc4ccccc43)c2)c2ccc3ncsc3c2)cc1. The molecule has 0 spiro atoms. The first-order valence-corrected chi connectivity index (χ1v) is 10.8. The summed E-state index contributed by atoms with van der Waals surface area (Å²) in [4.78, 5) is 6.75. The second-order valence-corrected chi connectivity index (χ2v) is 8.25. The van der Waals surface area contributed by atoms with Gasteiger partial charge in [-0.15, -0.1) is 11.3 Å². The van der Waals surface area contributed by atoms with Crippen LogP contribution in [0.15, 0.2) is 109 Å². The van der Waals surface area contributed by atoms with Crippen LogP contribution in [0.3, 0.4) is 0 Å². The highest BCUT2D eigenvalue weighted by Crippen LogP contribution is 2.38. The Balaban J connectivity index is 1.57. The molecule has 1 aromatic heterocycles. The summed E-state index contributed by atoms with van der Waals surface area (Å²) in [5, 5.41) is 5.08. The number of anilines is 3. The van der Waals surface area contributed by atoms with Crippen molar-refractivity contribution in [2.75, 3.05) is 4.90 Å². The standard InChI is InChI=1S/C27H18N2S/c1-2-7-21(8-3-1)29(23-13-15-26-27(17-23)30-18-28-26)22-12-14-25-20(16-22)11-10-19-6-4-5-9-24(19)25/h1-18H. The van der Waals surface area contributed by atoms with Crippen molar-refractivity contribution >= 4 is 60.2 Å². The fourth-order valence-corrected chi connectivity index (χ4v) is 4.86. The second kappa shape index (κ2) is 6.97. The summed E-state index contributed by atoms with van der Waals surface area (Å²) in [7, 11) is 0. The molecule has 2 nitrogen and oxygen atoms in total. The predicted octanol–water partition coefficient (Wildman–Crippen LogP) is 8.07. The lowest BCUT2D eigenvalue weighted by Crippen LogP contribution is -2.09. The Bertz CT molecular complexity index is 1500. The van der Waals surface area contributed by atoms with Crippen molar-refractivity contribution in [3.8, 4) is 0 Å². The van der Waals surface area contributed by atoms with Crippen LogP contribution in [-0.4, -0.2) is 4.98 Å². The molecule has 0 aliphatic carbocycles. The van der Waals surface area contributed by atoms with E-state index in [9.17, 15) is 0 Å². The van der Waals surface area contributed by atoms with Crippen LogP contribution in [0, 0.1) is 0 Å². The van der Waals surface area contributed by atoms with E-state index in [-0.39, 0.29) is 0 Å². The van der Waals surface area contributed by atoms with Gasteiger partial charge in [-0.1, -0.05) is 60.7 Å². The van der Waals surface area contributed by atoms with Crippen LogP contribution >= 0.6 is 11.3 Å². The van der Waals surface area contributed by atoms with Crippen molar-refractivity contribution in [2.24, 2.45) is 0 Å². The number of nitrogens with zero attached hydrogens (tertiary/aromatic N) is 2. The van der Waals surface area contributed by atoms with Crippen molar-refractivity contribution in [2.45, 2.75) is 0 Å². The van der Waals surface area contributed by atoms with Crippen molar-refractivity contribution in [3.63, 3.8) is 0 Å². The van der Waals surface area contributed by atoms with Crippen molar-refractivity contribution in [1.82, 2.24) is 4.98 Å². The molecule has 30 heavy (non-hydrogen) atoms. The molecule has 6 aromatic rings. The normalized spacial score (nSPS) is 11.3. The summed E-state index contributed by atoms with van der Waals surface area (Å²) in [5.41, 5.74) is 6.37. The molecule has 0 aliphatic rings. The van der Waals surface area contributed by atoms with E-state index >= 15 is 0 Å². The number of rotatable bonds is 3. The molecule has 6 rings (SSSR count). The molecular weight excluding hydrogens is 384 g/mol. The van der Waals surface area contributed by atoms with Crippen LogP contribution in [0.1, 0.15) is 0 Å². The van der Waals surface area contributed by atoms with Gasteiger partial charge in [0, 0.05) is 17.1 Å². The summed E-state index contributed by atoms with van der Waals surface area (Å²) in [6.07, 6.45) is 0. The molecule has 0 fully saturated rings. The number of fused-ring (bicyclic) bond motifs is 4. The van der Waals surface area contributed by atoms with Gasteiger partial charge in [-0.3, -0.25) is 0 Å². The second-order valence-electron chi connectivity index (χ2n) is 7.37. The smallest absolute Gasteiger partial charge is 0.0813 e. The summed E-state index contributed by atoms with van der Waals surface area (Å²) in [6, 6.07) is 36.8. The van der Waals surface area contributed by atoms with Crippen molar-refractivity contribution < 1.29 is 0 Å². The lowest BCUT2D eigenvalue weighted by atomic mass is 10.0. The molecule has 3 heteroatoms. The average molecular weight is 403 g/mol. The highest BCUT2D eigenvalue weighted by atomic mass is 32.1. The van der Waals surface area contributed by atoms with Crippen LogP contribution in [0.25, 0.3) is 31.8 Å². The van der Waals surface area contributed by atoms with Gasteiger partial charge in [0.2, 0.25) is 0 Å². The molecule has 0 atom stereocenters. The summed E-state index contributed by atoms with van der Waals surface area (Å²) < 4.78 is 1.19. The zero-order valence-corrected chi connectivity index (χ0v) is 17.0. The van der Waals surface area contributed by atoms with E-state index in [1.54, 1.807) is 11.3 Å². The third-order valence-corrected chi connectivity index (χ3v) is 6.37. The Morgan fingerprint density at radius 2 is 1.30 bits per heavy atom. The third-order valence-electron chi connectivity index (χ3n) is 5.57. The fraction of sp³-hybridized carbons (Fsp3) is 0. The first-order chi connectivity index (χ1) is 14.9. The predicted molar refractivity (Wildman–Crippen MR) is 129 cm³/mol. The number of hydrogen-bond donors (Lipinski definition) is 0. The zero-order valence-electron chi connectivity index (χ0n) is 16.2. The summed E-state index contributed by atoms with van der Waals surface area (Å²) >= 11 is 1.68. The van der Waals surface area contributed by atoms with Crippen molar-refractivity contribution in [3.05, 3.63) is 109 Å². The van der Waals surface area contributed by atoms with Crippen LogP contribution in [0.2, 0.25) is 0 Å². The van der Waals surface area contributed by atoms with Gasteiger partial charge in [-0.25, -0.2) is 4.98 Å². The molecule has 0 saturated heterocycles. The number of para-hydroxylation sites is 1. The van der Waals surface area contributed by atoms with E-state index in [0.29, 0.717) is 0 Å². The average Bonchev–Trinajstić information content (AvgIpc) is 3.28. The molecule has 0 N–H and O–H groups in total. The molecular formula is C27H18N2S. The maximum absolute atomic E-state index is 4.43. The molecule has 0 aliphatic heterocycles. The van der Waals surface area contributed by atoms with Crippen LogP contribution in [0.5, 0.6) is 0 Å². The lowest BCUT2D eigenvalue weighted by molar-refractivity contribution is 1.29. The Morgan fingerprint density at radius 3 is 2.23 bits per heavy atom.